The molecule has 98 valence electrons. The molecule has 0 spiro atoms. The van der Waals surface area contributed by atoms with Gasteiger partial charge in [-0.05, 0) is 39.2 Å². The number of nitrogens with one attached hydrogen (secondary N) is 1. The van der Waals surface area contributed by atoms with Gasteiger partial charge in [-0.15, -0.1) is 0 Å². The molecule has 16 heavy (non-hydrogen) atoms. The number of rotatable bonds is 9. The number of ether oxygens (including phenoxy) is 1. The van der Waals surface area contributed by atoms with Crippen LogP contribution >= 0.6 is 0 Å². The molecule has 1 unspecified atom stereocenters. The fourth-order valence-electron chi connectivity index (χ4n) is 2.03. The Hall–Kier alpha value is -0.0800. The lowest BCUT2D eigenvalue weighted by Gasteiger charge is -2.36. The maximum atomic E-state index is 5.62. The van der Waals surface area contributed by atoms with E-state index in [4.69, 9.17) is 4.74 Å². The van der Waals surface area contributed by atoms with E-state index in [0.29, 0.717) is 6.04 Å². The van der Waals surface area contributed by atoms with E-state index >= 15 is 0 Å². The quantitative estimate of drug-likeness (QED) is 0.652. The molecule has 1 atom stereocenters. The Morgan fingerprint density at radius 1 is 1.12 bits per heavy atom. The van der Waals surface area contributed by atoms with Crippen LogP contribution in [-0.2, 0) is 4.74 Å². The van der Waals surface area contributed by atoms with Gasteiger partial charge in [0.15, 0.2) is 0 Å². The lowest BCUT2D eigenvalue weighted by molar-refractivity contribution is -0.0171. The molecule has 0 fully saturated rings. The van der Waals surface area contributed by atoms with Crippen molar-refractivity contribution in [2.45, 2.75) is 71.9 Å². The van der Waals surface area contributed by atoms with E-state index in [0.717, 1.165) is 12.5 Å². The van der Waals surface area contributed by atoms with E-state index < -0.39 is 0 Å². The van der Waals surface area contributed by atoms with Gasteiger partial charge in [0.2, 0.25) is 0 Å². The Balaban J connectivity index is 4.41. The molecule has 1 N–H and O–H groups in total. The topological polar surface area (TPSA) is 21.3 Å². The Morgan fingerprint density at radius 3 is 2.06 bits per heavy atom. The van der Waals surface area contributed by atoms with Crippen LogP contribution in [-0.4, -0.2) is 25.3 Å². The molecule has 0 aliphatic rings. The van der Waals surface area contributed by atoms with Gasteiger partial charge in [-0.1, -0.05) is 33.6 Å². The summed E-state index contributed by atoms with van der Waals surface area (Å²) < 4.78 is 5.62. The summed E-state index contributed by atoms with van der Waals surface area (Å²) in [5.74, 6) is 0.809. The van der Waals surface area contributed by atoms with Gasteiger partial charge < -0.3 is 10.1 Å². The van der Waals surface area contributed by atoms with Gasteiger partial charge in [0.05, 0.1) is 5.60 Å². The van der Waals surface area contributed by atoms with Crippen LogP contribution in [0, 0.1) is 5.92 Å². The highest BCUT2D eigenvalue weighted by atomic mass is 16.5. The molecule has 0 aliphatic heterocycles. The average Bonchev–Trinajstić information content (AvgIpc) is 2.29. The highest BCUT2D eigenvalue weighted by Crippen LogP contribution is 2.23. The first-order valence-electron chi connectivity index (χ1n) is 6.80. The highest BCUT2D eigenvalue weighted by molar-refractivity contribution is 4.86. The number of hydrogen-bond donors (Lipinski definition) is 1. The van der Waals surface area contributed by atoms with Gasteiger partial charge in [-0.25, -0.2) is 0 Å². The van der Waals surface area contributed by atoms with E-state index in [9.17, 15) is 0 Å². The minimum Gasteiger partial charge on any atom is -0.377 e. The van der Waals surface area contributed by atoms with Crippen molar-refractivity contribution in [2.24, 2.45) is 5.92 Å². The fraction of sp³-hybridized carbons (Fsp3) is 1.00. The van der Waals surface area contributed by atoms with Crippen LogP contribution in [0.5, 0.6) is 0 Å². The van der Waals surface area contributed by atoms with Crippen molar-refractivity contribution in [3.05, 3.63) is 0 Å². The van der Waals surface area contributed by atoms with Gasteiger partial charge in [0.1, 0.15) is 0 Å². The molecule has 0 saturated heterocycles. The Morgan fingerprint density at radius 2 is 1.69 bits per heavy atom. The SMILES string of the molecule is CCCNC(CC(CC)CC)C(C)(C)OC. The lowest BCUT2D eigenvalue weighted by atomic mass is 9.86. The fourth-order valence-corrected chi connectivity index (χ4v) is 2.03. The highest BCUT2D eigenvalue weighted by Gasteiger charge is 2.30. The third kappa shape index (κ3) is 5.31. The smallest absolute Gasteiger partial charge is 0.0775 e. The molecule has 0 aromatic heterocycles. The molecule has 2 heteroatoms. The minimum atomic E-state index is -0.0717. The van der Waals surface area contributed by atoms with E-state index in [1.165, 1.54) is 25.7 Å². The van der Waals surface area contributed by atoms with Crippen molar-refractivity contribution < 1.29 is 4.74 Å². The number of methoxy groups -OCH3 is 1. The van der Waals surface area contributed by atoms with Crippen molar-refractivity contribution in [3.63, 3.8) is 0 Å². The molecular formula is C14H31NO. The summed E-state index contributed by atoms with van der Waals surface area (Å²) in [7, 11) is 1.81. The molecule has 0 bridgehead atoms. The van der Waals surface area contributed by atoms with E-state index in [2.05, 4.69) is 39.9 Å². The average molecular weight is 229 g/mol. The molecule has 0 amide bonds. The predicted octanol–water partition coefficient (Wildman–Crippen LogP) is 3.61. The first-order chi connectivity index (χ1) is 7.51. The van der Waals surface area contributed by atoms with Crippen LogP contribution in [0.4, 0.5) is 0 Å². The van der Waals surface area contributed by atoms with E-state index in [1.54, 1.807) is 0 Å². The first-order valence-corrected chi connectivity index (χ1v) is 6.80. The molecule has 2 nitrogen and oxygen atoms in total. The third-order valence-electron chi connectivity index (χ3n) is 3.73. The van der Waals surface area contributed by atoms with Crippen LogP contribution in [0.25, 0.3) is 0 Å². The molecule has 0 aromatic rings. The third-order valence-corrected chi connectivity index (χ3v) is 3.73. The summed E-state index contributed by atoms with van der Waals surface area (Å²) in [5.41, 5.74) is -0.0717. The Bertz CT molecular complexity index is 164. The molecule has 0 radical (unpaired) electrons. The normalized spacial score (nSPS) is 14.4. The zero-order valence-corrected chi connectivity index (χ0v) is 12.1. The van der Waals surface area contributed by atoms with E-state index in [-0.39, 0.29) is 5.60 Å². The molecule has 0 heterocycles. The number of hydrogen-bond acceptors (Lipinski definition) is 2. The van der Waals surface area contributed by atoms with Crippen molar-refractivity contribution in [1.82, 2.24) is 5.32 Å². The van der Waals surface area contributed by atoms with Crippen molar-refractivity contribution >= 4 is 0 Å². The minimum absolute atomic E-state index is 0.0717. The summed E-state index contributed by atoms with van der Waals surface area (Å²) in [6, 6.07) is 0.461. The van der Waals surface area contributed by atoms with Crippen LogP contribution < -0.4 is 5.32 Å². The van der Waals surface area contributed by atoms with Gasteiger partial charge in [-0.2, -0.15) is 0 Å². The lowest BCUT2D eigenvalue weighted by Crippen LogP contribution is -2.49. The second-order valence-corrected chi connectivity index (χ2v) is 5.23. The Labute approximate surface area is 102 Å². The second-order valence-electron chi connectivity index (χ2n) is 5.23. The van der Waals surface area contributed by atoms with Crippen molar-refractivity contribution in [1.29, 1.82) is 0 Å². The van der Waals surface area contributed by atoms with Crippen LogP contribution in [0.15, 0.2) is 0 Å². The van der Waals surface area contributed by atoms with Gasteiger partial charge in [0, 0.05) is 13.2 Å². The maximum Gasteiger partial charge on any atom is 0.0775 e. The molecule has 0 rings (SSSR count). The maximum absolute atomic E-state index is 5.62. The van der Waals surface area contributed by atoms with Crippen molar-refractivity contribution in [2.75, 3.05) is 13.7 Å². The van der Waals surface area contributed by atoms with E-state index in [1.807, 2.05) is 7.11 Å². The second kappa shape index (κ2) is 8.08. The molecule has 0 aromatic carbocycles. The first kappa shape index (κ1) is 15.9. The summed E-state index contributed by atoms with van der Waals surface area (Å²) in [6.45, 7) is 12.2. The van der Waals surface area contributed by atoms with Crippen LogP contribution in [0.1, 0.15) is 60.3 Å². The summed E-state index contributed by atoms with van der Waals surface area (Å²) in [5, 5.41) is 3.63. The van der Waals surface area contributed by atoms with Crippen molar-refractivity contribution in [3.8, 4) is 0 Å². The van der Waals surface area contributed by atoms with Crippen LogP contribution in [0.3, 0.4) is 0 Å². The zero-order valence-electron chi connectivity index (χ0n) is 12.1. The summed E-state index contributed by atoms with van der Waals surface area (Å²) in [4.78, 5) is 0. The zero-order chi connectivity index (χ0) is 12.6. The summed E-state index contributed by atoms with van der Waals surface area (Å²) >= 11 is 0. The standard InChI is InChI=1S/C14H31NO/c1-7-10-15-13(14(4,5)16-6)11-12(8-2)9-3/h12-13,15H,7-11H2,1-6H3. The Kier molecular flexibility index (Phi) is 8.04. The largest absolute Gasteiger partial charge is 0.377 e. The molecular weight excluding hydrogens is 198 g/mol. The van der Waals surface area contributed by atoms with Gasteiger partial charge in [-0.3, -0.25) is 0 Å². The monoisotopic (exact) mass is 229 g/mol. The molecule has 0 saturated carbocycles. The van der Waals surface area contributed by atoms with Gasteiger partial charge in [0.25, 0.3) is 0 Å². The predicted molar refractivity (Wildman–Crippen MR) is 71.9 cm³/mol. The van der Waals surface area contributed by atoms with Crippen LogP contribution in [0.2, 0.25) is 0 Å². The molecule has 0 aliphatic carbocycles. The van der Waals surface area contributed by atoms with Gasteiger partial charge >= 0.3 is 0 Å². The summed E-state index contributed by atoms with van der Waals surface area (Å²) in [6.07, 6.45) is 4.92.